The van der Waals surface area contributed by atoms with Gasteiger partial charge in [0.15, 0.2) is 12.6 Å². The number of nitrogens with zero attached hydrogens (tertiary/aromatic N) is 5. The van der Waals surface area contributed by atoms with E-state index in [0.29, 0.717) is 5.56 Å². The van der Waals surface area contributed by atoms with Gasteiger partial charge in [0.25, 0.3) is 5.82 Å². The third-order valence-corrected chi connectivity index (χ3v) is 4.64. The summed E-state index contributed by atoms with van der Waals surface area (Å²) in [4.78, 5) is 10.3. The van der Waals surface area contributed by atoms with Crippen LogP contribution in [0.4, 0.5) is 5.82 Å². The van der Waals surface area contributed by atoms with Crippen LogP contribution in [0.25, 0.3) is 27.6 Å². The highest BCUT2D eigenvalue weighted by molar-refractivity contribution is 6.04. The molecule has 7 nitrogen and oxygen atoms in total. The summed E-state index contributed by atoms with van der Waals surface area (Å²) in [6.07, 6.45) is 0. The molecule has 2 aromatic heterocycles. The number of aryl methyl sites for hydroxylation is 1. The van der Waals surface area contributed by atoms with Crippen LogP contribution in [-0.2, 0) is 7.05 Å². The summed E-state index contributed by atoms with van der Waals surface area (Å²) in [6, 6.07) is 22.9. The highest BCUT2D eigenvalue weighted by Crippen LogP contribution is 2.30. The Bertz CT molecular complexity index is 1230. The van der Waals surface area contributed by atoms with Crippen LogP contribution in [-0.4, -0.2) is 30.6 Å². The van der Waals surface area contributed by atoms with Crippen molar-refractivity contribution < 1.29 is 9.49 Å². The number of aromatic nitrogens is 2. The standard InChI is InChI=1S/C21H19N4.CH3NO2/c1-23(2)21-15(14-22)13-19-20(25(21)16-9-5-4-6-10-16)17-11-7-8-12-18(17)24(19)3;1-2(3)4/h4-13H,1-3H3;1H3/q+1;. The van der Waals surface area contributed by atoms with Gasteiger partial charge >= 0.3 is 0 Å². The predicted octanol–water partition coefficient (Wildman–Crippen LogP) is 3.44. The van der Waals surface area contributed by atoms with Crippen LogP contribution in [0, 0.1) is 21.4 Å². The molecule has 0 aliphatic carbocycles. The molecule has 0 atom stereocenters. The molecule has 29 heavy (non-hydrogen) atoms. The van der Waals surface area contributed by atoms with Gasteiger partial charge in [-0.05, 0) is 30.3 Å². The summed E-state index contributed by atoms with van der Waals surface area (Å²) in [5.74, 6) is 0.887. The van der Waals surface area contributed by atoms with Crippen LogP contribution < -0.4 is 9.47 Å². The summed E-state index contributed by atoms with van der Waals surface area (Å²) >= 11 is 0. The molecule has 7 heteroatoms. The quantitative estimate of drug-likeness (QED) is 0.299. The van der Waals surface area contributed by atoms with Crippen LogP contribution in [0.1, 0.15) is 5.56 Å². The number of benzene rings is 2. The van der Waals surface area contributed by atoms with Gasteiger partial charge in [0.2, 0.25) is 0 Å². The average Bonchev–Trinajstić information content (AvgIpc) is 2.99. The first-order chi connectivity index (χ1) is 13.9. The number of anilines is 1. The maximum Gasteiger partial charge on any atom is 0.300 e. The van der Waals surface area contributed by atoms with Crippen LogP contribution >= 0.6 is 0 Å². The molecule has 0 bridgehead atoms. The largest absolute Gasteiger partial charge is 0.340 e. The van der Waals surface area contributed by atoms with Gasteiger partial charge in [0.05, 0.1) is 25.1 Å². The second-order valence-electron chi connectivity index (χ2n) is 6.81. The summed E-state index contributed by atoms with van der Waals surface area (Å²) in [5, 5.41) is 19.7. The Kier molecular flexibility index (Phi) is 5.46. The number of hydrogen-bond acceptors (Lipinski definition) is 4. The molecule has 0 fully saturated rings. The van der Waals surface area contributed by atoms with Gasteiger partial charge in [-0.15, -0.1) is 0 Å². The fourth-order valence-corrected chi connectivity index (χ4v) is 3.57. The van der Waals surface area contributed by atoms with Crippen molar-refractivity contribution in [2.24, 2.45) is 7.05 Å². The van der Waals surface area contributed by atoms with Crippen molar-refractivity contribution in [3.05, 3.63) is 76.3 Å². The third kappa shape index (κ3) is 3.60. The fourth-order valence-electron chi connectivity index (χ4n) is 3.57. The van der Waals surface area contributed by atoms with Crippen molar-refractivity contribution in [1.82, 2.24) is 4.57 Å². The van der Waals surface area contributed by atoms with Crippen molar-refractivity contribution in [3.8, 4) is 11.8 Å². The first-order valence-corrected chi connectivity index (χ1v) is 9.03. The first kappa shape index (κ1) is 19.8. The summed E-state index contributed by atoms with van der Waals surface area (Å²) in [6.45, 7) is 0. The molecular formula is C22H22N5O2+. The second kappa shape index (κ2) is 7.98. The molecule has 0 aliphatic heterocycles. The molecule has 146 valence electrons. The molecule has 4 rings (SSSR count). The molecule has 0 aliphatic rings. The Hall–Kier alpha value is -3.92. The molecule has 0 unspecified atom stereocenters. The van der Waals surface area contributed by atoms with Crippen molar-refractivity contribution in [2.45, 2.75) is 0 Å². The highest BCUT2D eigenvalue weighted by Gasteiger charge is 2.26. The van der Waals surface area contributed by atoms with E-state index in [0.717, 1.165) is 35.1 Å². The number of nitro groups is 1. The number of rotatable bonds is 2. The van der Waals surface area contributed by atoms with Crippen LogP contribution in [0.3, 0.4) is 0 Å². The number of fused-ring (bicyclic) bond motifs is 3. The Labute approximate surface area is 168 Å². The van der Waals surface area contributed by atoms with E-state index in [1.807, 2.05) is 49.3 Å². The molecule has 0 amide bonds. The van der Waals surface area contributed by atoms with Crippen molar-refractivity contribution in [1.29, 1.82) is 5.26 Å². The number of hydrogen-bond donors (Lipinski definition) is 0. The van der Waals surface area contributed by atoms with Crippen LogP contribution in [0.15, 0.2) is 60.7 Å². The lowest BCUT2D eigenvalue weighted by atomic mass is 10.1. The van der Waals surface area contributed by atoms with Gasteiger partial charge in [-0.1, -0.05) is 30.3 Å². The van der Waals surface area contributed by atoms with Crippen molar-refractivity contribution >= 4 is 27.8 Å². The lowest BCUT2D eigenvalue weighted by molar-refractivity contribution is -0.552. The minimum absolute atomic E-state index is 0.500. The zero-order valence-corrected chi connectivity index (χ0v) is 16.8. The molecule has 2 aromatic carbocycles. The predicted molar refractivity (Wildman–Crippen MR) is 114 cm³/mol. The fraction of sp³-hybridized carbons (Fsp3) is 0.182. The van der Waals surface area contributed by atoms with E-state index in [1.54, 1.807) is 0 Å². The molecule has 0 saturated carbocycles. The molecular weight excluding hydrogens is 366 g/mol. The minimum Gasteiger partial charge on any atom is -0.340 e. The Morgan fingerprint density at radius 1 is 1.07 bits per heavy atom. The van der Waals surface area contributed by atoms with Crippen molar-refractivity contribution in [2.75, 3.05) is 26.0 Å². The van der Waals surface area contributed by atoms with Crippen LogP contribution in [0.5, 0.6) is 0 Å². The smallest absolute Gasteiger partial charge is 0.300 e. The Balaban J connectivity index is 0.000000552. The van der Waals surface area contributed by atoms with Crippen LogP contribution in [0.2, 0.25) is 0 Å². The van der Waals surface area contributed by atoms with E-state index < -0.39 is 4.92 Å². The maximum atomic E-state index is 9.76. The maximum absolute atomic E-state index is 9.76. The summed E-state index contributed by atoms with van der Waals surface area (Å²) in [7, 11) is 6.90. The van der Waals surface area contributed by atoms with E-state index in [-0.39, 0.29) is 0 Å². The second-order valence-corrected chi connectivity index (χ2v) is 6.81. The summed E-state index contributed by atoms with van der Waals surface area (Å²) < 4.78 is 4.35. The highest BCUT2D eigenvalue weighted by atomic mass is 16.6. The summed E-state index contributed by atoms with van der Waals surface area (Å²) in [5.41, 5.74) is 5.03. The van der Waals surface area contributed by atoms with Gasteiger partial charge < -0.3 is 4.57 Å². The van der Waals surface area contributed by atoms with Gasteiger partial charge in [0.1, 0.15) is 17.3 Å². The molecule has 0 N–H and O–H groups in total. The van der Waals surface area contributed by atoms with E-state index in [1.165, 1.54) is 5.39 Å². The van der Waals surface area contributed by atoms with Gasteiger partial charge in [0, 0.05) is 17.4 Å². The average molecular weight is 388 g/mol. The van der Waals surface area contributed by atoms with Crippen molar-refractivity contribution in [3.63, 3.8) is 0 Å². The number of pyridine rings is 1. The lowest BCUT2D eigenvalue weighted by Crippen LogP contribution is -2.39. The third-order valence-electron chi connectivity index (χ3n) is 4.64. The van der Waals surface area contributed by atoms with E-state index >= 15 is 0 Å². The zero-order chi connectivity index (χ0) is 21.1. The normalized spacial score (nSPS) is 10.3. The van der Waals surface area contributed by atoms with Gasteiger partial charge in [-0.2, -0.15) is 9.83 Å². The van der Waals surface area contributed by atoms with Gasteiger partial charge in [-0.3, -0.25) is 15.0 Å². The molecule has 0 saturated heterocycles. The molecule has 2 heterocycles. The van der Waals surface area contributed by atoms with E-state index in [4.69, 9.17) is 10.1 Å². The first-order valence-electron chi connectivity index (χ1n) is 9.03. The van der Waals surface area contributed by atoms with E-state index in [2.05, 4.69) is 52.6 Å². The minimum atomic E-state index is -0.500. The Morgan fingerprint density at radius 3 is 2.24 bits per heavy atom. The number of para-hydroxylation sites is 2. The lowest BCUT2D eigenvalue weighted by Gasteiger charge is -2.14. The molecule has 0 radical (unpaired) electrons. The monoisotopic (exact) mass is 388 g/mol. The van der Waals surface area contributed by atoms with Gasteiger partial charge in [-0.25, -0.2) is 0 Å². The van der Waals surface area contributed by atoms with E-state index in [9.17, 15) is 5.26 Å². The molecule has 0 spiro atoms. The Morgan fingerprint density at radius 2 is 1.66 bits per heavy atom. The zero-order valence-electron chi connectivity index (χ0n) is 16.8. The number of nitriles is 1. The topological polar surface area (TPSA) is 79.0 Å². The SMILES string of the molecule is CN(C)c1c(C#N)cc2c(c3ccccc3n2C)[n+]1-c1ccccc1.C[N+](=O)[O-]. The molecule has 4 aromatic rings.